The minimum atomic E-state index is -3.94. The predicted octanol–water partition coefficient (Wildman–Crippen LogP) is 4.52. The molecule has 2 rings (SSSR count). The number of carbonyl (C=O) groups is 1. The average molecular weight is 411 g/mol. The molecule has 0 atom stereocenters. The topological polar surface area (TPSA) is 84.5 Å². The monoisotopic (exact) mass is 410 g/mol. The highest BCUT2D eigenvalue weighted by Gasteiger charge is 2.26. The fraction of sp³-hybridized carbons (Fsp3) is 0.316. The van der Waals surface area contributed by atoms with Gasteiger partial charge >= 0.3 is 0 Å². The van der Waals surface area contributed by atoms with Crippen LogP contribution in [-0.4, -0.2) is 21.4 Å². The molecule has 0 aromatic heterocycles. The summed E-state index contributed by atoms with van der Waals surface area (Å²) in [5, 5.41) is 3.26. The molecular weight excluding hydrogens is 388 g/mol. The molecule has 0 heterocycles. The molecule has 0 radical (unpaired) electrons. The predicted molar refractivity (Wildman–Crippen MR) is 108 cm³/mol. The largest absolute Gasteiger partial charge is 0.495 e. The van der Waals surface area contributed by atoms with Crippen LogP contribution >= 0.6 is 11.6 Å². The molecule has 1 amide bonds. The van der Waals surface area contributed by atoms with Crippen molar-refractivity contribution in [3.05, 3.63) is 47.5 Å². The zero-order valence-electron chi connectivity index (χ0n) is 15.7. The van der Waals surface area contributed by atoms with Gasteiger partial charge in [-0.25, -0.2) is 8.42 Å². The first kappa shape index (κ1) is 21.1. The molecule has 0 fully saturated rings. The number of hydrogen-bond donors (Lipinski definition) is 2. The number of halogens is 1. The van der Waals surface area contributed by atoms with Gasteiger partial charge in [-0.05, 0) is 48.9 Å². The molecule has 6 nitrogen and oxygen atoms in total. The molecule has 2 N–H and O–H groups in total. The van der Waals surface area contributed by atoms with Gasteiger partial charge in [0.05, 0.1) is 7.11 Å². The Morgan fingerprint density at radius 3 is 2.26 bits per heavy atom. The maximum atomic E-state index is 12.8. The van der Waals surface area contributed by atoms with Crippen LogP contribution in [0.3, 0.4) is 0 Å². The fourth-order valence-corrected chi connectivity index (χ4v) is 3.53. The van der Waals surface area contributed by atoms with Crippen LogP contribution in [0.1, 0.15) is 27.2 Å². The summed E-state index contributed by atoms with van der Waals surface area (Å²) >= 11 is 5.83. The van der Waals surface area contributed by atoms with E-state index in [-0.39, 0.29) is 16.6 Å². The van der Waals surface area contributed by atoms with Gasteiger partial charge in [-0.2, -0.15) is 0 Å². The van der Waals surface area contributed by atoms with Gasteiger partial charge in [0, 0.05) is 21.8 Å². The third-order valence-corrected chi connectivity index (χ3v) is 5.96. The maximum absolute atomic E-state index is 12.8. The Morgan fingerprint density at radius 1 is 1.11 bits per heavy atom. The third-order valence-electron chi connectivity index (χ3n) is 4.31. The van der Waals surface area contributed by atoms with E-state index in [1.54, 1.807) is 30.3 Å². The Morgan fingerprint density at radius 2 is 1.70 bits per heavy atom. The van der Waals surface area contributed by atoms with Crippen LogP contribution in [0.5, 0.6) is 5.75 Å². The van der Waals surface area contributed by atoms with Crippen molar-refractivity contribution >= 4 is 38.9 Å². The Hall–Kier alpha value is -2.25. The molecule has 0 saturated carbocycles. The molecular formula is C19H23ClN2O4S. The van der Waals surface area contributed by atoms with E-state index < -0.39 is 15.4 Å². The van der Waals surface area contributed by atoms with E-state index in [9.17, 15) is 13.2 Å². The number of ether oxygens (including phenoxy) is 1. The molecule has 0 spiro atoms. The molecule has 0 unspecified atom stereocenters. The summed E-state index contributed by atoms with van der Waals surface area (Å²) in [6.45, 7) is 5.57. The van der Waals surface area contributed by atoms with E-state index in [0.717, 1.165) is 0 Å². The lowest BCUT2D eigenvalue weighted by Crippen LogP contribution is -2.30. The number of amides is 1. The number of rotatable bonds is 7. The van der Waals surface area contributed by atoms with Crippen LogP contribution in [-0.2, 0) is 14.8 Å². The number of nitrogens with one attached hydrogen (secondary N) is 2. The highest BCUT2D eigenvalue weighted by Crippen LogP contribution is 2.30. The van der Waals surface area contributed by atoms with Crippen molar-refractivity contribution in [2.75, 3.05) is 17.1 Å². The summed E-state index contributed by atoms with van der Waals surface area (Å²) in [7, 11) is -2.55. The molecule has 0 bridgehead atoms. The van der Waals surface area contributed by atoms with Gasteiger partial charge in [-0.15, -0.1) is 0 Å². The first-order chi connectivity index (χ1) is 12.6. The minimum absolute atomic E-state index is 0.0768. The minimum Gasteiger partial charge on any atom is -0.495 e. The van der Waals surface area contributed by atoms with Gasteiger partial charge in [0.2, 0.25) is 5.91 Å². The average Bonchev–Trinajstić information content (AvgIpc) is 2.63. The van der Waals surface area contributed by atoms with E-state index in [1.807, 2.05) is 20.8 Å². The van der Waals surface area contributed by atoms with Crippen molar-refractivity contribution in [3.8, 4) is 5.75 Å². The quantitative estimate of drug-likeness (QED) is 0.702. The summed E-state index contributed by atoms with van der Waals surface area (Å²) in [6, 6.07) is 10.8. The third kappa shape index (κ3) is 5.14. The van der Waals surface area contributed by atoms with Gasteiger partial charge in [0.1, 0.15) is 10.6 Å². The van der Waals surface area contributed by atoms with Crippen molar-refractivity contribution in [1.82, 2.24) is 0 Å². The summed E-state index contributed by atoms with van der Waals surface area (Å²) in [4.78, 5) is 12.3. The molecule has 0 aliphatic rings. The molecule has 27 heavy (non-hydrogen) atoms. The van der Waals surface area contributed by atoms with Gasteiger partial charge in [-0.3, -0.25) is 9.52 Å². The molecule has 2 aromatic carbocycles. The highest BCUT2D eigenvalue weighted by atomic mass is 35.5. The summed E-state index contributed by atoms with van der Waals surface area (Å²) in [6.07, 6.45) is 0.651. The lowest BCUT2D eigenvalue weighted by molar-refractivity contribution is -0.124. The van der Waals surface area contributed by atoms with Gasteiger partial charge < -0.3 is 10.1 Å². The SMILES string of the molecule is CCC(C)(C)C(=O)Nc1ccc(OC)c(S(=O)(=O)Nc2ccc(Cl)cc2)c1. The lowest BCUT2D eigenvalue weighted by Gasteiger charge is -2.22. The van der Waals surface area contributed by atoms with E-state index in [1.165, 1.54) is 19.2 Å². The number of benzene rings is 2. The second-order valence-corrected chi connectivity index (χ2v) is 8.76. The van der Waals surface area contributed by atoms with Crippen LogP contribution in [0.15, 0.2) is 47.4 Å². The first-order valence-corrected chi connectivity index (χ1v) is 10.2. The molecule has 8 heteroatoms. The highest BCUT2D eigenvalue weighted by molar-refractivity contribution is 7.92. The zero-order valence-corrected chi connectivity index (χ0v) is 17.2. The zero-order chi connectivity index (χ0) is 20.2. The molecule has 2 aromatic rings. The lowest BCUT2D eigenvalue weighted by atomic mass is 9.89. The van der Waals surface area contributed by atoms with E-state index >= 15 is 0 Å². The van der Waals surface area contributed by atoms with Crippen molar-refractivity contribution in [2.24, 2.45) is 5.41 Å². The number of carbonyl (C=O) groups excluding carboxylic acids is 1. The van der Waals surface area contributed by atoms with Gasteiger partial charge in [0.15, 0.2) is 0 Å². The smallest absolute Gasteiger partial charge is 0.265 e. The van der Waals surface area contributed by atoms with E-state index in [0.29, 0.717) is 22.8 Å². The van der Waals surface area contributed by atoms with Crippen LogP contribution in [0.4, 0.5) is 11.4 Å². The number of methoxy groups -OCH3 is 1. The van der Waals surface area contributed by atoms with Crippen molar-refractivity contribution in [2.45, 2.75) is 32.1 Å². The molecule has 146 valence electrons. The van der Waals surface area contributed by atoms with Gasteiger partial charge in [0.25, 0.3) is 10.0 Å². The molecule has 0 saturated heterocycles. The van der Waals surface area contributed by atoms with Crippen molar-refractivity contribution in [1.29, 1.82) is 0 Å². The molecule has 0 aliphatic heterocycles. The Balaban J connectivity index is 2.36. The number of anilines is 2. The van der Waals surface area contributed by atoms with E-state index in [2.05, 4.69) is 10.0 Å². The van der Waals surface area contributed by atoms with Crippen LogP contribution in [0, 0.1) is 5.41 Å². The van der Waals surface area contributed by atoms with Gasteiger partial charge in [-0.1, -0.05) is 32.4 Å². The second-order valence-electron chi connectivity index (χ2n) is 6.67. The standard InChI is InChI=1S/C19H23ClN2O4S/c1-5-19(2,3)18(23)21-15-10-11-16(26-4)17(12-15)27(24,25)22-14-8-6-13(20)7-9-14/h6-12,22H,5H2,1-4H3,(H,21,23). The fourth-order valence-electron chi connectivity index (χ4n) is 2.15. The van der Waals surface area contributed by atoms with Crippen LogP contribution in [0.2, 0.25) is 5.02 Å². The number of hydrogen-bond acceptors (Lipinski definition) is 4. The second kappa shape index (κ2) is 8.19. The summed E-state index contributed by atoms with van der Waals surface area (Å²) in [5.74, 6) is -0.0200. The Kier molecular flexibility index (Phi) is 6.38. The normalized spacial score (nSPS) is 11.7. The summed E-state index contributed by atoms with van der Waals surface area (Å²) in [5.41, 5.74) is 0.169. The Labute approximate surface area is 164 Å². The first-order valence-electron chi connectivity index (χ1n) is 8.37. The van der Waals surface area contributed by atoms with Crippen molar-refractivity contribution < 1.29 is 17.9 Å². The summed E-state index contributed by atoms with van der Waals surface area (Å²) < 4.78 is 33.3. The van der Waals surface area contributed by atoms with Crippen molar-refractivity contribution in [3.63, 3.8) is 0 Å². The Bertz CT molecular complexity index is 925. The number of sulfonamides is 1. The van der Waals surface area contributed by atoms with Crippen LogP contribution in [0.25, 0.3) is 0 Å². The van der Waals surface area contributed by atoms with E-state index in [4.69, 9.17) is 16.3 Å². The van der Waals surface area contributed by atoms with Crippen LogP contribution < -0.4 is 14.8 Å². The maximum Gasteiger partial charge on any atom is 0.265 e. The molecule has 0 aliphatic carbocycles.